The van der Waals surface area contributed by atoms with Gasteiger partial charge in [-0.15, -0.1) is 0 Å². The lowest BCUT2D eigenvalue weighted by Gasteiger charge is -2.29. The normalized spacial score (nSPS) is 17.1. The first kappa shape index (κ1) is 17.5. The van der Waals surface area contributed by atoms with Crippen molar-refractivity contribution in [2.45, 2.75) is 25.1 Å². The van der Waals surface area contributed by atoms with E-state index in [2.05, 4.69) is 27.8 Å². The molecule has 1 aliphatic rings. The number of oxazole rings is 1. The summed E-state index contributed by atoms with van der Waals surface area (Å²) in [6, 6.07) is 17.5. The molecule has 1 unspecified atom stereocenters. The highest BCUT2D eigenvalue weighted by Gasteiger charge is 2.25. The first-order valence-corrected chi connectivity index (χ1v) is 8.98. The maximum atomic E-state index is 12.3. The Morgan fingerprint density at radius 1 is 1.19 bits per heavy atom. The van der Waals surface area contributed by atoms with Gasteiger partial charge in [0.05, 0.1) is 6.10 Å². The number of amides is 1. The Morgan fingerprint density at radius 2 is 1.93 bits per heavy atom. The molecule has 0 saturated heterocycles. The lowest BCUT2D eigenvalue weighted by Crippen LogP contribution is -2.49. The van der Waals surface area contributed by atoms with Crippen LogP contribution >= 0.6 is 0 Å². The van der Waals surface area contributed by atoms with Gasteiger partial charge in [0.25, 0.3) is 5.91 Å². The Hall–Kier alpha value is -2.96. The fourth-order valence-electron chi connectivity index (χ4n) is 3.27. The molecule has 1 amide bonds. The van der Waals surface area contributed by atoms with Crippen molar-refractivity contribution in [3.05, 3.63) is 77.7 Å². The summed E-state index contributed by atoms with van der Waals surface area (Å²) in [6.07, 6.45) is 1.37. The first-order valence-electron chi connectivity index (χ1n) is 8.98. The summed E-state index contributed by atoms with van der Waals surface area (Å²) in [4.78, 5) is 16.5. The van der Waals surface area contributed by atoms with Crippen molar-refractivity contribution in [2.24, 2.45) is 0 Å². The zero-order valence-electron chi connectivity index (χ0n) is 14.8. The molecular weight excluding hydrogens is 342 g/mol. The molecular formula is C21H21N3O3. The Labute approximate surface area is 157 Å². The van der Waals surface area contributed by atoms with Crippen LogP contribution in [-0.2, 0) is 13.0 Å². The predicted molar refractivity (Wildman–Crippen MR) is 101 cm³/mol. The molecule has 4 rings (SSSR count). The third-order valence-electron chi connectivity index (χ3n) is 4.81. The molecule has 0 fully saturated rings. The molecule has 2 atom stereocenters. The van der Waals surface area contributed by atoms with Crippen LogP contribution in [0.3, 0.4) is 0 Å². The summed E-state index contributed by atoms with van der Waals surface area (Å²) < 4.78 is 5.39. The molecule has 2 heterocycles. The van der Waals surface area contributed by atoms with Crippen LogP contribution in [0.1, 0.15) is 21.6 Å². The predicted octanol–water partition coefficient (Wildman–Crippen LogP) is 2.15. The maximum Gasteiger partial charge on any atom is 0.273 e. The standard InChI is InChI=1S/C21H21N3O3/c25-19(17-10-15-8-4-5-9-16(15)11-22-17)12-23-20(26)18-13-27-21(24-18)14-6-2-1-3-7-14/h1-9,13,17,19,22,25H,10-12H2,(H,23,26)/t17-,19?/m0/s1. The molecule has 3 N–H and O–H groups in total. The molecule has 0 aliphatic carbocycles. The van der Waals surface area contributed by atoms with Crippen molar-refractivity contribution in [1.29, 1.82) is 0 Å². The number of carbonyl (C=O) groups excluding carboxylic acids is 1. The van der Waals surface area contributed by atoms with E-state index in [1.807, 2.05) is 42.5 Å². The van der Waals surface area contributed by atoms with Crippen LogP contribution < -0.4 is 10.6 Å². The van der Waals surface area contributed by atoms with Gasteiger partial charge >= 0.3 is 0 Å². The van der Waals surface area contributed by atoms with Crippen molar-refractivity contribution >= 4 is 5.91 Å². The van der Waals surface area contributed by atoms with E-state index in [1.54, 1.807) is 0 Å². The summed E-state index contributed by atoms with van der Waals surface area (Å²) in [5.74, 6) is 0.0306. The largest absolute Gasteiger partial charge is 0.444 e. The van der Waals surface area contributed by atoms with Crippen LogP contribution in [0.4, 0.5) is 0 Å². The van der Waals surface area contributed by atoms with Crippen LogP contribution in [0.5, 0.6) is 0 Å². The Bertz CT molecular complexity index is 923. The van der Waals surface area contributed by atoms with Crippen molar-refractivity contribution in [3.8, 4) is 11.5 Å². The molecule has 1 aliphatic heterocycles. The molecule has 138 valence electrons. The topological polar surface area (TPSA) is 87.4 Å². The molecule has 27 heavy (non-hydrogen) atoms. The minimum atomic E-state index is -0.692. The molecule has 0 bridgehead atoms. The molecule has 0 radical (unpaired) electrons. The van der Waals surface area contributed by atoms with Gasteiger partial charge in [0.1, 0.15) is 6.26 Å². The Balaban J connectivity index is 1.34. The number of rotatable bonds is 5. The van der Waals surface area contributed by atoms with Crippen molar-refractivity contribution in [1.82, 2.24) is 15.6 Å². The SMILES string of the molecule is O=C(NCC(O)[C@@H]1Cc2ccccc2CN1)c1coc(-c2ccccc2)n1. The highest BCUT2D eigenvalue weighted by Crippen LogP contribution is 2.19. The number of nitrogens with zero attached hydrogens (tertiary/aromatic N) is 1. The van der Waals surface area contributed by atoms with Crippen molar-refractivity contribution in [2.75, 3.05) is 6.54 Å². The number of nitrogens with one attached hydrogen (secondary N) is 2. The number of aliphatic hydroxyl groups is 1. The molecule has 6 nitrogen and oxygen atoms in total. The van der Waals surface area contributed by atoms with E-state index >= 15 is 0 Å². The summed E-state index contributed by atoms with van der Waals surface area (Å²) >= 11 is 0. The fraction of sp³-hybridized carbons (Fsp3) is 0.238. The number of fused-ring (bicyclic) bond motifs is 1. The van der Waals surface area contributed by atoms with Crippen LogP contribution in [0.25, 0.3) is 11.5 Å². The number of benzene rings is 2. The zero-order chi connectivity index (χ0) is 18.6. The number of carbonyl (C=O) groups is 1. The third kappa shape index (κ3) is 3.92. The number of aromatic nitrogens is 1. The summed E-state index contributed by atoms with van der Waals surface area (Å²) in [6.45, 7) is 0.863. The Morgan fingerprint density at radius 3 is 2.74 bits per heavy atom. The van der Waals surface area contributed by atoms with Gasteiger partial charge in [0.15, 0.2) is 5.69 Å². The number of hydrogen-bond acceptors (Lipinski definition) is 5. The van der Waals surface area contributed by atoms with E-state index in [9.17, 15) is 9.90 Å². The van der Waals surface area contributed by atoms with Crippen LogP contribution in [0.15, 0.2) is 65.3 Å². The summed E-state index contributed by atoms with van der Waals surface area (Å²) in [5, 5.41) is 16.5. The molecule has 0 saturated carbocycles. The van der Waals surface area contributed by atoms with E-state index in [0.717, 1.165) is 18.5 Å². The summed E-state index contributed by atoms with van der Waals surface area (Å²) in [5.41, 5.74) is 3.49. The van der Waals surface area contributed by atoms with E-state index in [1.165, 1.54) is 17.4 Å². The monoisotopic (exact) mass is 363 g/mol. The van der Waals surface area contributed by atoms with Crippen LogP contribution in [-0.4, -0.2) is 34.7 Å². The van der Waals surface area contributed by atoms with Gasteiger partial charge < -0.3 is 20.2 Å². The fourth-order valence-corrected chi connectivity index (χ4v) is 3.27. The lowest BCUT2D eigenvalue weighted by atomic mass is 9.93. The molecule has 1 aromatic heterocycles. The van der Waals surface area contributed by atoms with Gasteiger partial charge in [-0.25, -0.2) is 4.98 Å². The molecule has 0 spiro atoms. The van der Waals surface area contributed by atoms with E-state index < -0.39 is 6.10 Å². The van der Waals surface area contributed by atoms with E-state index in [4.69, 9.17) is 4.42 Å². The minimum Gasteiger partial charge on any atom is -0.444 e. The number of hydrogen-bond donors (Lipinski definition) is 3. The maximum absolute atomic E-state index is 12.3. The van der Waals surface area contributed by atoms with Gasteiger partial charge in [-0.2, -0.15) is 0 Å². The minimum absolute atomic E-state index is 0.0996. The van der Waals surface area contributed by atoms with E-state index in [-0.39, 0.29) is 24.2 Å². The Kier molecular flexibility index (Phi) is 5.00. The van der Waals surface area contributed by atoms with Gasteiger partial charge in [0, 0.05) is 24.7 Å². The first-order chi connectivity index (χ1) is 13.2. The third-order valence-corrected chi connectivity index (χ3v) is 4.81. The second kappa shape index (κ2) is 7.73. The quantitative estimate of drug-likeness (QED) is 0.647. The van der Waals surface area contributed by atoms with Gasteiger partial charge in [-0.05, 0) is 29.7 Å². The lowest BCUT2D eigenvalue weighted by molar-refractivity contribution is 0.0865. The molecule has 2 aromatic carbocycles. The highest BCUT2D eigenvalue weighted by molar-refractivity contribution is 5.92. The van der Waals surface area contributed by atoms with Crippen molar-refractivity contribution in [3.63, 3.8) is 0 Å². The molecule has 6 heteroatoms. The van der Waals surface area contributed by atoms with Gasteiger partial charge in [-0.1, -0.05) is 42.5 Å². The van der Waals surface area contributed by atoms with E-state index in [0.29, 0.717) is 5.89 Å². The van der Waals surface area contributed by atoms with Crippen LogP contribution in [0, 0.1) is 0 Å². The summed E-state index contributed by atoms with van der Waals surface area (Å²) in [7, 11) is 0. The average Bonchev–Trinajstić information content (AvgIpc) is 3.22. The zero-order valence-corrected chi connectivity index (χ0v) is 14.8. The smallest absolute Gasteiger partial charge is 0.273 e. The van der Waals surface area contributed by atoms with Gasteiger partial charge in [-0.3, -0.25) is 4.79 Å². The van der Waals surface area contributed by atoms with Crippen molar-refractivity contribution < 1.29 is 14.3 Å². The molecule has 3 aromatic rings. The van der Waals surface area contributed by atoms with Gasteiger partial charge in [0.2, 0.25) is 5.89 Å². The highest BCUT2D eigenvalue weighted by atomic mass is 16.3. The average molecular weight is 363 g/mol. The number of aliphatic hydroxyl groups excluding tert-OH is 1. The second-order valence-corrected chi connectivity index (χ2v) is 6.64. The second-order valence-electron chi connectivity index (χ2n) is 6.64. The van der Waals surface area contributed by atoms with Crippen LogP contribution in [0.2, 0.25) is 0 Å².